The van der Waals surface area contributed by atoms with Crippen LogP contribution in [0.5, 0.6) is 0 Å². The third-order valence-electron chi connectivity index (χ3n) is 5.54. The molecule has 2 heterocycles. The van der Waals surface area contributed by atoms with Crippen LogP contribution in [0.3, 0.4) is 0 Å². The third kappa shape index (κ3) is 3.98. The van der Waals surface area contributed by atoms with Gasteiger partial charge in [0.05, 0.1) is 6.04 Å². The molecule has 2 saturated heterocycles. The Balaban J connectivity index is 1.55. The fourth-order valence-electron chi connectivity index (χ4n) is 4.30. The van der Waals surface area contributed by atoms with E-state index < -0.39 is 0 Å². The summed E-state index contributed by atoms with van der Waals surface area (Å²) in [6, 6.07) is 0.186. The fraction of sp³-hybridized carbons (Fsp3) is 0.941. The summed E-state index contributed by atoms with van der Waals surface area (Å²) in [5, 5.41) is 3.34. The van der Waals surface area contributed by atoms with E-state index in [4.69, 9.17) is 0 Å². The fourth-order valence-corrected chi connectivity index (χ4v) is 4.30. The highest BCUT2D eigenvalue weighted by Gasteiger charge is 2.34. The minimum atomic E-state index is 0.186. The Morgan fingerprint density at radius 1 is 0.905 bits per heavy atom. The lowest BCUT2D eigenvalue weighted by atomic mass is 9.99. The number of likely N-dealkylation sites (tertiary alicyclic amines) is 1. The summed E-state index contributed by atoms with van der Waals surface area (Å²) in [6.07, 6.45) is 10.7. The summed E-state index contributed by atoms with van der Waals surface area (Å²) >= 11 is 0. The third-order valence-corrected chi connectivity index (χ3v) is 5.54. The van der Waals surface area contributed by atoms with Crippen LogP contribution < -0.4 is 5.32 Å². The first kappa shape index (κ1) is 15.3. The monoisotopic (exact) mass is 293 g/mol. The van der Waals surface area contributed by atoms with Crippen molar-refractivity contribution in [1.82, 2.24) is 15.1 Å². The van der Waals surface area contributed by atoms with E-state index in [-0.39, 0.29) is 6.04 Å². The van der Waals surface area contributed by atoms with Crippen LogP contribution in [-0.2, 0) is 4.79 Å². The zero-order chi connectivity index (χ0) is 14.5. The van der Waals surface area contributed by atoms with Crippen LogP contribution in [0.2, 0.25) is 0 Å². The summed E-state index contributed by atoms with van der Waals surface area (Å²) < 4.78 is 0. The van der Waals surface area contributed by atoms with Crippen molar-refractivity contribution in [3.63, 3.8) is 0 Å². The van der Waals surface area contributed by atoms with Gasteiger partial charge in [0, 0.05) is 32.7 Å². The van der Waals surface area contributed by atoms with E-state index in [2.05, 4.69) is 15.1 Å². The molecule has 1 saturated carbocycles. The molecule has 2 aliphatic heterocycles. The summed E-state index contributed by atoms with van der Waals surface area (Å²) in [6.45, 7) is 6.02. The maximum atomic E-state index is 12.8. The Kier molecular flexibility index (Phi) is 5.53. The summed E-state index contributed by atoms with van der Waals surface area (Å²) in [4.78, 5) is 17.4. The molecule has 1 N–H and O–H groups in total. The van der Waals surface area contributed by atoms with Gasteiger partial charge < -0.3 is 10.2 Å². The maximum Gasteiger partial charge on any atom is 0.240 e. The Morgan fingerprint density at radius 3 is 2.33 bits per heavy atom. The average molecular weight is 293 g/mol. The Hall–Kier alpha value is -0.610. The van der Waals surface area contributed by atoms with Crippen LogP contribution in [0.4, 0.5) is 0 Å². The van der Waals surface area contributed by atoms with E-state index in [0.717, 1.165) is 45.1 Å². The van der Waals surface area contributed by atoms with E-state index in [0.29, 0.717) is 5.91 Å². The van der Waals surface area contributed by atoms with Crippen LogP contribution in [0.15, 0.2) is 0 Å². The SMILES string of the molecule is O=C(C1CCCN1CC1CCCCCC1)N1CCNCC1. The van der Waals surface area contributed by atoms with Crippen molar-refractivity contribution in [2.24, 2.45) is 5.92 Å². The van der Waals surface area contributed by atoms with E-state index in [1.807, 2.05) is 0 Å². The van der Waals surface area contributed by atoms with Gasteiger partial charge in [-0.25, -0.2) is 0 Å². The number of carbonyl (C=O) groups excluding carboxylic acids is 1. The average Bonchev–Trinajstić information content (AvgIpc) is 2.82. The molecule has 0 aromatic rings. The van der Waals surface area contributed by atoms with Crippen molar-refractivity contribution in [2.75, 3.05) is 39.3 Å². The Labute approximate surface area is 129 Å². The highest BCUT2D eigenvalue weighted by atomic mass is 16.2. The molecule has 1 amide bonds. The second kappa shape index (κ2) is 7.59. The van der Waals surface area contributed by atoms with Crippen LogP contribution >= 0.6 is 0 Å². The van der Waals surface area contributed by atoms with Crippen molar-refractivity contribution in [3.05, 3.63) is 0 Å². The maximum absolute atomic E-state index is 12.8. The molecule has 0 radical (unpaired) electrons. The number of carbonyl (C=O) groups is 1. The van der Waals surface area contributed by atoms with Crippen molar-refractivity contribution in [1.29, 1.82) is 0 Å². The second-order valence-corrected chi connectivity index (χ2v) is 7.09. The topological polar surface area (TPSA) is 35.6 Å². The number of hydrogen-bond donors (Lipinski definition) is 1. The van der Waals surface area contributed by atoms with Crippen LogP contribution in [-0.4, -0.2) is 61.0 Å². The summed E-state index contributed by atoms with van der Waals surface area (Å²) in [5.74, 6) is 1.24. The number of piperazine rings is 1. The Morgan fingerprint density at radius 2 is 1.62 bits per heavy atom. The lowest BCUT2D eigenvalue weighted by molar-refractivity contribution is -0.136. The van der Waals surface area contributed by atoms with Gasteiger partial charge in [-0.1, -0.05) is 25.7 Å². The highest BCUT2D eigenvalue weighted by molar-refractivity contribution is 5.82. The minimum Gasteiger partial charge on any atom is -0.339 e. The zero-order valence-electron chi connectivity index (χ0n) is 13.4. The van der Waals surface area contributed by atoms with Crippen LogP contribution in [0.25, 0.3) is 0 Å². The predicted octanol–water partition coefficient (Wildman–Crippen LogP) is 1.85. The molecular weight excluding hydrogens is 262 g/mol. The number of hydrogen-bond acceptors (Lipinski definition) is 3. The van der Waals surface area contributed by atoms with Gasteiger partial charge in [-0.15, -0.1) is 0 Å². The van der Waals surface area contributed by atoms with Gasteiger partial charge >= 0.3 is 0 Å². The van der Waals surface area contributed by atoms with Crippen LogP contribution in [0.1, 0.15) is 51.4 Å². The van der Waals surface area contributed by atoms with Gasteiger partial charge in [0.25, 0.3) is 0 Å². The summed E-state index contributed by atoms with van der Waals surface area (Å²) in [5.41, 5.74) is 0. The quantitative estimate of drug-likeness (QED) is 0.807. The first-order valence-electron chi connectivity index (χ1n) is 9.08. The second-order valence-electron chi connectivity index (χ2n) is 7.09. The molecule has 1 aliphatic carbocycles. The number of amides is 1. The van der Waals surface area contributed by atoms with Crippen molar-refractivity contribution in [3.8, 4) is 0 Å². The first-order valence-corrected chi connectivity index (χ1v) is 9.08. The molecule has 3 rings (SSSR count). The standard InChI is InChI=1S/C17H31N3O/c21-17(19-12-9-18-10-13-19)16-8-5-11-20(16)14-15-6-3-1-2-4-7-15/h15-16,18H,1-14H2. The van der Waals surface area contributed by atoms with E-state index >= 15 is 0 Å². The van der Waals surface area contributed by atoms with Gasteiger partial charge in [0.15, 0.2) is 0 Å². The molecule has 4 nitrogen and oxygen atoms in total. The smallest absolute Gasteiger partial charge is 0.240 e. The minimum absolute atomic E-state index is 0.186. The predicted molar refractivity (Wildman–Crippen MR) is 85.2 cm³/mol. The molecule has 4 heteroatoms. The lowest BCUT2D eigenvalue weighted by Gasteiger charge is -2.34. The molecule has 0 aromatic carbocycles. The molecule has 1 unspecified atom stereocenters. The Bertz CT molecular complexity index is 333. The molecule has 3 fully saturated rings. The van der Waals surface area contributed by atoms with Crippen LogP contribution in [0, 0.1) is 5.92 Å². The molecule has 0 spiro atoms. The molecule has 0 bridgehead atoms. The molecule has 0 aromatic heterocycles. The molecule has 21 heavy (non-hydrogen) atoms. The van der Waals surface area contributed by atoms with E-state index in [9.17, 15) is 4.79 Å². The first-order chi connectivity index (χ1) is 10.3. The van der Waals surface area contributed by atoms with Crippen molar-refractivity contribution >= 4 is 5.91 Å². The molecule has 1 atom stereocenters. The molecular formula is C17H31N3O. The van der Waals surface area contributed by atoms with Crippen molar-refractivity contribution < 1.29 is 4.79 Å². The van der Waals surface area contributed by atoms with E-state index in [1.54, 1.807) is 0 Å². The van der Waals surface area contributed by atoms with Gasteiger partial charge in [-0.3, -0.25) is 9.69 Å². The highest BCUT2D eigenvalue weighted by Crippen LogP contribution is 2.27. The molecule has 120 valence electrons. The lowest BCUT2D eigenvalue weighted by Crippen LogP contribution is -2.53. The number of rotatable bonds is 3. The number of nitrogens with zero attached hydrogens (tertiary/aromatic N) is 2. The normalized spacial score (nSPS) is 29.5. The van der Waals surface area contributed by atoms with Gasteiger partial charge in [0.1, 0.15) is 0 Å². The van der Waals surface area contributed by atoms with Crippen molar-refractivity contribution in [2.45, 2.75) is 57.4 Å². The summed E-state index contributed by atoms with van der Waals surface area (Å²) in [7, 11) is 0. The molecule has 3 aliphatic rings. The largest absolute Gasteiger partial charge is 0.339 e. The van der Waals surface area contributed by atoms with Gasteiger partial charge in [-0.2, -0.15) is 0 Å². The van der Waals surface area contributed by atoms with Gasteiger partial charge in [0.2, 0.25) is 5.91 Å². The number of nitrogens with one attached hydrogen (secondary N) is 1. The van der Waals surface area contributed by atoms with Gasteiger partial charge in [-0.05, 0) is 38.1 Å². The zero-order valence-corrected chi connectivity index (χ0v) is 13.4. The van der Waals surface area contributed by atoms with E-state index in [1.165, 1.54) is 51.5 Å².